The summed E-state index contributed by atoms with van der Waals surface area (Å²) in [6, 6.07) is 16.0. The van der Waals surface area contributed by atoms with Gasteiger partial charge in [0, 0.05) is 24.2 Å². The number of aliphatic imine (C=N–C) groups is 1. The van der Waals surface area contributed by atoms with E-state index in [1.807, 2.05) is 43.3 Å². The number of pyridine rings is 1. The molecule has 0 radical (unpaired) electrons. The molecule has 0 aliphatic carbocycles. The molecule has 2 heterocycles. The summed E-state index contributed by atoms with van der Waals surface area (Å²) in [6.07, 6.45) is 3.27. The number of hydrogen-bond acceptors (Lipinski definition) is 4. The van der Waals surface area contributed by atoms with E-state index in [0.29, 0.717) is 17.9 Å². The smallest absolute Gasteiger partial charge is 0.237 e. The van der Waals surface area contributed by atoms with Crippen LogP contribution in [0.4, 0.5) is 21.5 Å². The van der Waals surface area contributed by atoms with Crippen LogP contribution in [0.3, 0.4) is 0 Å². The van der Waals surface area contributed by atoms with Gasteiger partial charge in [0.2, 0.25) is 5.91 Å². The zero-order chi connectivity index (χ0) is 19.5. The molecule has 2 aromatic carbocycles. The summed E-state index contributed by atoms with van der Waals surface area (Å²) in [4.78, 5) is 20.8. The number of rotatable bonds is 5. The maximum atomic E-state index is 14.4. The van der Waals surface area contributed by atoms with Crippen molar-refractivity contribution < 1.29 is 9.18 Å². The first kappa shape index (κ1) is 17.9. The molecule has 140 valence electrons. The topological polar surface area (TPSA) is 66.4 Å². The van der Waals surface area contributed by atoms with E-state index in [2.05, 4.69) is 20.6 Å². The molecule has 1 atom stereocenters. The minimum Gasteiger partial charge on any atom is -0.377 e. The van der Waals surface area contributed by atoms with Gasteiger partial charge in [-0.3, -0.25) is 14.8 Å². The first-order chi connectivity index (χ1) is 13.6. The van der Waals surface area contributed by atoms with Gasteiger partial charge in [0.25, 0.3) is 0 Å². The third-order valence-electron chi connectivity index (χ3n) is 4.69. The quantitative estimate of drug-likeness (QED) is 0.643. The van der Waals surface area contributed by atoms with Crippen molar-refractivity contribution >= 4 is 29.2 Å². The number of amides is 1. The molecule has 6 heteroatoms. The zero-order valence-corrected chi connectivity index (χ0v) is 15.3. The Morgan fingerprint density at radius 3 is 2.89 bits per heavy atom. The number of aromatic nitrogens is 1. The van der Waals surface area contributed by atoms with Gasteiger partial charge >= 0.3 is 0 Å². The second kappa shape index (κ2) is 7.60. The second-order valence-corrected chi connectivity index (χ2v) is 6.62. The lowest BCUT2D eigenvalue weighted by Gasteiger charge is -2.08. The van der Waals surface area contributed by atoms with Crippen LogP contribution in [0.25, 0.3) is 0 Å². The molecular formula is C22H19FN4O. The zero-order valence-electron chi connectivity index (χ0n) is 15.3. The van der Waals surface area contributed by atoms with Gasteiger partial charge in [0.15, 0.2) is 0 Å². The first-order valence-corrected chi connectivity index (χ1v) is 9.00. The lowest BCUT2D eigenvalue weighted by atomic mass is 9.97. The van der Waals surface area contributed by atoms with Crippen molar-refractivity contribution in [2.24, 2.45) is 4.99 Å². The summed E-state index contributed by atoms with van der Waals surface area (Å²) in [5.74, 6) is -0.999. The summed E-state index contributed by atoms with van der Waals surface area (Å²) in [5.41, 5.74) is 4.41. The summed E-state index contributed by atoms with van der Waals surface area (Å²) >= 11 is 0. The fourth-order valence-corrected chi connectivity index (χ4v) is 3.26. The molecule has 0 spiro atoms. The molecule has 5 nitrogen and oxygen atoms in total. The van der Waals surface area contributed by atoms with Crippen molar-refractivity contribution in [1.82, 2.24) is 4.98 Å². The Hall–Kier alpha value is -3.54. The van der Waals surface area contributed by atoms with Crippen LogP contribution in [0.1, 0.15) is 22.7 Å². The van der Waals surface area contributed by atoms with E-state index in [4.69, 9.17) is 0 Å². The van der Waals surface area contributed by atoms with Crippen LogP contribution in [-0.4, -0.2) is 17.1 Å². The van der Waals surface area contributed by atoms with E-state index in [9.17, 15) is 9.18 Å². The Bertz CT molecular complexity index is 1050. The van der Waals surface area contributed by atoms with Gasteiger partial charge in [-0.2, -0.15) is 0 Å². The Morgan fingerprint density at radius 2 is 2.11 bits per heavy atom. The molecule has 1 aromatic heterocycles. The maximum Gasteiger partial charge on any atom is 0.237 e. The summed E-state index contributed by atoms with van der Waals surface area (Å²) < 4.78 is 14.4. The number of halogens is 1. The molecule has 0 fully saturated rings. The average Bonchev–Trinajstić information content (AvgIpc) is 3.03. The second-order valence-electron chi connectivity index (χ2n) is 6.62. The van der Waals surface area contributed by atoms with E-state index in [0.717, 1.165) is 22.5 Å². The van der Waals surface area contributed by atoms with Crippen LogP contribution in [0, 0.1) is 12.7 Å². The Labute approximate surface area is 162 Å². The van der Waals surface area contributed by atoms with Crippen molar-refractivity contribution in [3.63, 3.8) is 0 Å². The fraction of sp³-hybridized carbons (Fsp3) is 0.136. The van der Waals surface area contributed by atoms with E-state index in [1.54, 1.807) is 24.5 Å². The van der Waals surface area contributed by atoms with Gasteiger partial charge in [-0.05, 0) is 48.4 Å². The first-order valence-electron chi connectivity index (χ1n) is 9.00. The van der Waals surface area contributed by atoms with E-state index >= 15 is 0 Å². The third kappa shape index (κ3) is 3.62. The Kier molecular flexibility index (Phi) is 4.85. The molecule has 1 aliphatic heterocycles. The van der Waals surface area contributed by atoms with Crippen LogP contribution >= 0.6 is 0 Å². The number of nitrogens with zero attached hydrogens (tertiary/aromatic N) is 2. The molecule has 4 rings (SSSR count). The van der Waals surface area contributed by atoms with Gasteiger partial charge in [-0.15, -0.1) is 0 Å². The van der Waals surface area contributed by atoms with Gasteiger partial charge in [0.05, 0.1) is 23.6 Å². The molecule has 1 amide bonds. The molecular weight excluding hydrogens is 355 g/mol. The molecule has 2 N–H and O–H groups in total. The number of benzene rings is 2. The van der Waals surface area contributed by atoms with Crippen molar-refractivity contribution in [2.75, 3.05) is 10.6 Å². The van der Waals surface area contributed by atoms with Crippen LogP contribution in [-0.2, 0) is 11.3 Å². The molecule has 3 aromatic rings. The highest BCUT2D eigenvalue weighted by atomic mass is 19.1. The highest BCUT2D eigenvalue weighted by Gasteiger charge is 2.30. The van der Waals surface area contributed by atoms with Crippen LogP contribution < -0.4 is 10.6 Å². The molecule has 0 saturated heterocycles. The van der Waals surface area contributed by atoms with Crippen LogP contribution in [0.15, 0.2) is 65.8 Å². The minimum atomic E-state index is -0.471. The highest BCUT2D eigenvalue weighted by molar-refractivity contribution is 6.13. The average molecular weight is 374 g/mol. The number of anilines is 2. The number of aryl methyl sites for hydroxylation is 1. The molecule has 0 bridgehead atoms. The SMILES string of the molecule is Cc1cccc2c1C(C=Nc1ccc(NCc3ccccn3)c(F)c1)C(=O)N2. The number of hydrogen-bond donors (Lipinski definition) is 2. The summed E-state index contributed by atoms with van der Waals surface area (Å²) in [6.45, 7) is 2.39. The third-order valence-corrected chi connectivity index (χ3v) is 4.69. The Morgan fingerprint density at radius 1 is 1.21 bits per heavy atom. The fourth-order valence-electron chi connectivity index (χ4n) is 3.26. The van der Waals surface area contributed by atoms with Gasteiger partial charge in [-0.1, -0.05) is 18.2 Å². The van der Waals surface area contributed by atoms with Crippen molar-refractivity contribution in [3.05, 3.63) is 83.4 Å². The molecule has 0 saturated carbocycles. The van der Waals surface area contributed by atoms with Crippen LogP contribution in [0.5, 0.6) is 0 Å². The predicted octanol–water partition coefficient (Wildman–Crippen LogP) is 4.58. The summed E-state index contributed by atoms with van der Waals surface area (Å²) in [5, 5.41) is 5.88. The van der Waals surface area contributed by atoms with Crippen molar-refractivity contribution in [1.29, 1.82) is 0 Å². The van der Waals surface area contributed by atoms with E-state index in [-0.39, 0.29) is 5.91 Å². The summed E-state index contributed by atoms with van der Waals surface area (Å²) in [7, 11) is 0. The minimum absolute atomic E-state index is 0.123. The number of fused-ring (bicyclic) bond motifs is 1. The van der Waals surface area contributed by atoms with Crippen molar-refractivity contribution in [2.45, 2.75) is 19.4 Å². The standard InChI is InChI=1S/C22H19FN4O/c1-14-5-4-7-20-21(14)17(22(28)27-20)13-25-15-8-9-19(18(23)11-15)26-12-16-6-2-3-10-24-16/h2-11,13,17,26H,12H2,1H3,(H,27,28). The maximum absolute atomic E-state index is 14.4. The largest absolute Gasteiger partial charge is 0.377 e. The molecule has 28 heavy (non-hydrogen) atoms. The number of carbonyl (C=O) groups excluding carboxylic acids is 1. The lowest BCUT2D eigenvalue weighted by Crippen LogP contribution is -2.13. The van der Waals surface area contributed by atoms with Crippen molar-refractivity contribution in [3.8, 4) is 0 Å². The Balaban J connectivity index is 1.49. The monoisotopic (exact) mass is 374 g/mol. The van der Waals surface area contributed by atoms with Gasteiger partial charge < -0.3 is 10.6 Å². The van der Waals surface area contributed by atoms with E-state index in [1.165, 1.54) is 6.07 Å². The van der Waals surface area contributed by atoms with Crippen LogP contribution in [0.2, 0.25) is 0 Å². The number of carbonyl (C=O) groups is 1. The highest BCUT2D eigenvalue weighted by Crippen LogP contribution is 2.34. The molecule has 1 unspecified atom stereocenters. The van der Waals surface area contributed by atoms with Gasteiger partial charge in [0.1, 0.15) is 11.7 Å². The number of nitrogens with one attached hydrogen (secondary N) is 2. The molecule has 1 aliphatic rings. The normalized spacial score (nSPS) is 15.5. The van der Waals surface area contributed by atoms with Gasteiger partial charge in [-0.25, -0.2) is 4.39 Å². The van der Waals surface area contributed by atoms with E-state index < -0.39 is 11.7 Å². The predicted molar refractivity (Wildman–Crippen MR) is 109 cm³/mol. The lowest BCUT2D eigenvalue weighted by molar-refractivity contribution is -0.115.